The largest absolute Gasteiger partial charge is 0.352 e. The van der Waals surface area contributed by atoms with Gasteiger partial charge in [-0.1, -0.05) is 0 Å². The number of amides is 2. The van der Waals surface area contributed by atoms with Crippen LogP contribution in [0, 0.1) is 5.92 Å². The number of aryl methyl sites for hydroxylation is 1. The number of carbonyl (C=O) groups is 2. The van der Waals surface area contributed by atoms with Crippen molar-refractivity contribution in [3.8, 4) is 0 Å². The van der Waals surface area contributed by atoms with Gasteiger partial charge >= 0.3 is 0 Å². The molecule has 0 radical (unpaired) electrons. The molecule has 1 heterocycles. The van der Waals surface area contributed by atoms with Crippen LogP contribution in [0.4, 0.5) is 5.69 Å². The molecule has 2 N–H and O–H groups in total. The highest BCUT2D eigenvalue weighted by Gasteiger charge is 2.29. The summed E-state index contributed by atoms with van der Waals surface area (Å²) in [4.78, 5) is 27.7. The molecule has 0 spiro atoms. The Morgan fingerprint density at radius 2 is 2.00 bits per heavy atom. The average molecular weight is 312 g/mol. The fraction of sp³-hybridized carbons (Fsp3) is 0.353. The van der Waals surface area contributed by atoms with Crippen molar-refractivity contribution in [1.82, 2.24) is 14.9 Å². The van der Waals surface area contributed by atoms with Crippen LogP contribution in [-0.4, -0.2) is 27.9 Å². The van der Waals surface area contributed by atoms with Gasteiger partial charge in [0.2, 0.25) is 5.91 Å². The van der Waals surface area contributed by atoms with E-state index in [1.54, 1.807) is 36.8 Å². The van der Waals surface area contributed by atoms with E-state index in [2.05, 4.69) is 15.6 Å². The zero-order chi connectivity index (χ0) is 16.1. The fourth-order valence-corrected chi connectivity index (χ4v) is 2.28. The van der Waals surface area contributed by atoms with Crippen LogP contribution in [-0.2, 0) is 11.3 Å². The first-order valence-corrected chi connectivity index (χ1v) is 7.87. The lowest BCUT2D eigenvalue weighted by molar-refractivity contribution is -0.117. The topological polar surface area (TPSA) is 76.0 Å². The summed E-state index contributed by atoms with van der Waals surface area (Å²) in [7, 11) is 0. The predicted octanol–water partition coefficient (Wildman–Crippen LogP) is 2.05. The van der Waals surface area contributed by atoms with Gasteiger partial charge in [0.15, 0.2) is 0 Å². The molecule has 1 aliphatic carbocycles. The van der Waals surface area contributed by atoms with Crippen LogP contribution in [0.25, 0.3) is 0 Å². The summed E-state index contributed by atoms with van der Waals surface area (Å²) in [5, 5.41) is 5.75. The molecule has 2 amide bonds. The number of benzene rings is 1. The molecule has 23 heavy (non-hydrogen) atoms. The number of aromatic nitrogens is 2. The first-order chi connectivity index (χ1) is 11.2. The number of hydrogen-bond acceptors (Lipinski definition) is 3. The highest BCUT2D eigenvalue weighted by Crippen LogP contribution is 2.30. The Balaban J connectivity index is 1.42. The summed E-state index contributed by atoms with van der Waals surface area (Å²) in [6.45, 7) is 1.43. The summed E-state index contributed by atoms with van der Waals surface area (Å²) in [5.41, 5.74) is 1.33. The molecule has 6 nitrogen and oxygen atoms in total. The second kappa shape index (κ2) is 7.09. The van der Waals surface area contributed by atoms with Gasteiger partial charge in [0, 0.05) is 42.7 Å². The zero-order valence-electron chi connectivity index (χ0n) is 12.9. The molecule has 0 unspecified atom stereocenters. The molecule has 0 aliphatic heterocycles. The van der Waals surface area contributed by atoms with E-state index in [0.29, 0.717) is 12.1 Å². The third kappa shape index (κ3) is 4.42. The minimum absolute atomic E-state index is 0.0710. The Labute approximate surface area is 134 Å². The normalized spacial score (nSPS) is 13.6. The van der Waals surface area contributed by atoms with Crippen LogP contribution in [0.5, 0.6) is 0 Å². The van der Waals surface area contributed by atoms with Gasteiger partial charge < -0.3 is 15.2 Å². The number of nitrogens with zero attached hydrogens (tertiary/aromatic N) is 2. The van der Waals surface area contributed by atoms with Crippen LogP contribution in [0.3, 0.4) is 0 Å². The van der Waals surface area contributed by atoms with E-state index in [1.165, 1.54) is 0 Å². The van der Waals surface area contributed by atoms with Crippen molar-refractivity contribution in [2.45, 2.75) is 25.8 Å². The maximum absolute atomic E-state index is 12.0. The van der Waals surface area contributed by atoms with Crippen molar-refractivity contribution in [2.24, 2.45) is 5.92 Å². The molecular weight excluding hydrogens is 292 g/mol. The third-order valence-corrected chi connectivity index (χ3v) is 3.80. The van der Waals surface area contributed by atoms with Gasteiger partial charge in [-0.15, -0.1) is 0 Å². The van der Waals surface area contributed by atoms with Gasteiger partial charge in [0.25, 0.3) is 5.91 Å². The number of carbonyl (C=O) groups excluding carboxylic acids is 2. The van der Waals surface area contributed by atoms with Crippen molar-refractivity contribution < 1.29 is 9.59 Å². The monoisotopic (exact) mass is 312 g/mol. The van der Waals surface area contributed by atoms with E-state index in [1.807, 2.05) is 10.8 Å². The summed E-state index contributed by atoms with van der Waals surface area (Å²) >= 11 is 0. The van der Waals surface area contributed by atoms with Gasteiger partial charge in [-0.2, -0.15) is 0 Å². The summed E-state index contributed by atoms with van der Waals surface area (Å²) < 4.78 is 1.98. The second-order valence-electron chi connectivity index (χ2n) is 5.75. The molecule has 3 rings (SSSR count). The number of hydrogen-bond donors (Lipinski definition) is 2. The van der Waals surface area contributed by atoms with E-state index in [0.717, 1.165) is 31.5 Å². The SMILES string of the molecule is O=C(NCCCn1ccnc1)c1ccc(NC(=O)C2CC2)cc1. The zero-order valence-corrected chi connectivity index (χ0v) is 12.9. The Bertz CT molecular complexity index is 660. The van der Waals surface area contributed by atoms with E-state index in [4.69, 9.17) is 0 Å². The molecule has 1 aliphatic rings. The lowest BCUT2D eigenvalue weighted by Crippen LogP contribution is -2.25. The molecule has 0 saturated heterocycles. The highest BCUT2D eigenvalue weighted by molar-refractivity contribution is 5.96. The van der Waals surface area contributed by atoms with Gasteiger partial charge in [0.05, 0.1) is 6.33 Å². The summed E-state index contributed by atoms with van der Waals surface area (Å²) in [6, 6.07) is 6.99. The van der Waals surface area contributed by atoms with Crippen LogP contribution in [0.2, 0.25) is 0 Å². The minimum Gasteiger partial charge on any atom is -0.352 e. The molecule has 1 fully saturated rings. The van der Waals surface area contributed by atoms with Crippen molar-refractivity contribution in [3.05, 3.63) is 48.5 Å². The first kappa shape index (κ1) is 15.3. The molecule has 0 atom stereocenters. The Kier molecular flexibility index (Phi) is 4.71. The molecule has 120 valence electrons. The Hall–Kier alpha value is -2.63. The Morgan fingerprint density at radius 1 is 1.22 bits per heavy atom. The third-order valence-electron chi connectivity index (χ3n) is 3.80. The number of rotatable bonds is 7. The van der Waals surface area contributed by atoms with Crippen LogP contribution >= 0.6 is 0 Å². The molecule has 1 saturated carbocycles. The number of imidazole rings is 1. The standard InChI is InChI=1S/C17H20N4O2/c22-16(19-8-1-10-21-11-9-18-12-21)13-4-6-15(7-5-13)20-17(23)14-2-3-14/h4-7,9,11-12,14H,1-3,8,10H2,(H,19,22)(H,20,23). The average Bonchev–Trinajstić information content (AvgIpc) is 3.29. The predicted molar refractivity (Wildman–Crippen MR) is 87.0 cm³/mol. The van der Waals surface area contributed by atoms with E-state index < -0.39 is 0 Å². The quantitative estimate of drug-likeness (QED) is 0.768. The molecule has 1 aromatic heterocycles. The maximum Gasteiger partial charge on any atom is 0.251 e. The molecule has 2 aromatic rings. The van der Waals surface area contributed by atoms with Crippen LogP contribution < -0.4 is 10.6 Å². The van der Waals surface area contributed by atoms with E-state index in [9.17, 15) is 9.59 Å². The van der Waals surface area contributed by atoms with Gasteiger partial charge in [-0.3, -0.25) is 9.59 Å². The van der Waals surface area contributed by atoms with Crippen LogP contribution in [0.1, 0.15) is 29.6 Å². The van der Waals surface area contributed by atoms with E-state index >= 15 is 0 Å². The van der Waals surface area contributed by atoms with Gasteiger partial charge in [-0.05, 0) is 43.5 Å². The van der Waals surface area contributed by atoms with Crippen LogP contribution in [0.15, 0.2) is 43.0 Å². The lowest BCUT2D eigenvalue weighted by atomic mass is 10.2. The van der Waals surface area contributed by atoms with Gasteiger partial charge in [0.1, 0.15) is 0 Å². The van der Waals surface area contributed by atoms with Crippen molar-refractivity contribution >= 4 is 17.5 Å². The fourth-order valence-electron chi connectivity index (χ4n) is 2.28. The van der Waals surface area contributed by atoms with E-state index in [-0.39, 0.29) is 17.7 Å². The molecular formula is C17H20N4O2. The van der Waals surface area contributed by atoms with Crippen molar-refractivity contribution in [2.75, 3.05) is 11.9 Å². The summed E-state index contributed by atoms with van der Waals surface area (Å²) in [5.74, 6) is 0.144. The molecule has 6 heteroatoms. The Morgan fingerprint density at radius 3 is 2.65 bits per heavy atom. The lowest BCUT2D eigenvalue weighted by Gasteiger charge is -2.07. The first-order valence-electron chi connectivity index (χ1n) is 7.87. The highest BCUT2D eigenvalue weighted by atomic mass is 16.2. The number of anilines is 1. The van der Waals surface area contributed by atoms with Crippen molar-refractivity contribution in [1.29, 1.82) is 0 Å². The van der Waals surface area contributed by atoms with Crippen molar-refractivity contribution in [3.63, 3.8) is 0 Å². The minimum atomic E-state index is -0.101. The maximum atomic E-state index is 12.0. The summed E-state index contributed by atoms with van der Waals surface area (Å²) in [6.07, 6.45) is 8.20. The number of nitrogens with one attached hydrogen (secondary N) is 2. The van der Waals surface area contributed by atoms with Gasteiger partial charge in [-0.25, -0.2) is 4.98 Å². The second-order valence-corrected chi connectivity index (χ2v) is 5.75. The smallest absolute Gasteiger partial charge is 0.251 e. The molecule has 0 bridgehead atoms. The molecule has 1 aromatic carbocycles.